The minimum Gasteiger partial charge on any atom is -0.267 e. The molecule has 0 saturated heterocycles. The summed E-state index contributed by atoms with van der Waals surface area (Å²) in [5.41, 5.74) is 1.27. The zero-order chi connectivity index (χ0) is 12.2. The number of hydrogen-bond acceptors (Lipinski definition) is 2. The van der Waals surface area contributed by atoms with Crippen LogP contribution in [-0.4, -0.2) is 18.4 Å². The number of alkyl halides is 4. The summed E-state index contributed by atoms with van der Waals surface area (Å²) in [6, 6.07) is 7.21. The Bertz CT molecular complexity index is 356. The summed E-state index contributed by atoms with van der Waals surface area (Å²) >= 11 is 0. The van der Waals surface area contributed by atoms with Crippen LogP contribution in [0.15, 0.2) is 30.3 Å². The Morgan fingerprint density at radius 3 is 2.31 bits per heavy atom. The second-order valence-corrected chi connectivity index (χ2v) is 2.76. The van der Waals surface area contributed by atoms with E-state index >= 15 is 0 Å². The van der Waals surface area contributed by atoms with E-state index < -0.39 is 18.4 Å². The summed E-state index contributed by atoms with van der Waals surface area (Å²) in [6.45, 7) is 0. The summed E-state index contributed by atoms with van der Waals surface area (Å²) < 4.78 is 47.7. The maximum atomic E-state index is 12.2. The monoisotopic (exact) mass is 237 g/mol. The van der Waals surface area contributed by atoms with Crippen molar-refractivity contribution in [2.24, 2.45) is 0 Å². The van der Waals surface area contributed by atoms with Crippen molar-refractivity contribution in [2.75, 3.05) is 0 Å². The first-order valence-corrected chi connectivity index (χ1v) is 4.13. The molecule has 1 aromatic rings. The molecule has 1 N–H and O–H groups in total. The average Bonchev–Trinajstić information content (AvgIpc) is 2.27. The fourth-order valence-corrected chi connectivity index (χ4v) is 0.807. The molecule has 16 heavy (non-hydrogen) atoms. The van der Waals surface area contributed by atoms with Crippen LogP contribution < -0.4 is 5.48 Å². The van der Waals surface area contributed by atoms with Crippen molar-refractivity contribution in [3.63, 3.8) is 0 Å². The maximum Gasteiger partial charge on any atom is 0.436 e. The van der Waals surface area contributed by atoms with E-state index in [4.69, 9.17) is 0 Å². The Morgan fingerprint density at radius 1 is 1.25 bits per heavy atom. The highest BCUT2D eigenvalue weighted by Crippen LogP contribution is 2.22. The third-order valence-electron chi connectivity index (χ3n) is 1.57. The molecule has 7 heteroatoms. The van der Waals surface area contributed by atoms with Crippen molar-refractivity contribution in [3.8, 4) is 0 Å². The first-order valence-electron chi connectivity index (χ1n) is 4.13. The van der Waals surface area contributed by atoms with Crippen LogP contribution >= 0.6 is 0 Å². The van der Waals surface area contributed by atoms with Gasteiger partial charge in [0.15, 0.2) is 0 Å². The van der Waals surface area contributed by atoms with E-state index in [2.05, 4.69) is 4.84 Å². The van der Waals surface area contributed by atoms with Crippen molar-refractivity contribution in [1.29, 1.82) is 0 Å². The molecule has 0 aliphatic rings. The molecule has 0 fully saturated rings. The van der Waals surface area contributed by atoms with Crippen LogP contribution in [0, 0.1) is 0 Å². The van der Waals surface area contributed by atoms with Gasteiger partial charge in [-0.2, -0.15) is 13.6 Å². The molecule has 0 aromatic heterocycles. The van der Waals surface area contributed by atoms with Crippen molar-refractivity contribution in [3.05, 3.63) is 35.9 Å². The van der Waals surface area contributed by atoms with Gasteiger partial charge in [0.25, 0.3) is 5.91 Å². The lowest BCUT2D eigenvalue weighted by atomic mass is 10.2. The standard InChI is InChI=1S/C9H7F4NO2/c10-8(11)9(12,13)16-14-7(15)6-4-2-1-3-5-6/h1-5,8H,(H,14,15). The van der Waals surface area contributed by atoms with E-state index in [1.165, 1.54) is 29.7 Å². The van der Waals surface area contributed by atoms with Crippen molar-refractivity contribution in [1.82, 2.24) is 5.48 Å². The second-order valence-electron chi connectivity index (χ2n) is 2.76. The molecule has 0 atom stereocenters. The van der Waals surface area contributed by atoms with Crippen molar-refractivity contribution < 1.29 is 27.2 Å². The molecule has 3 nitrogen and oxygen atoms in total. The molecular weight excluding hydrogens is 230 g/mol. The van der Waals surface area contributed by atoms with Crippen LogP contribution in [0.3, 0.4) is 0 Å². The highest BCUT2D eigenvalue weighted by atomic mass is 19.3. The third-order valence-corrected chi connectivity index (χ3v) is 1.57. The second kappa shape index (κ2) is 4.93. The van der Waals surface area contributed by atoms with Gasteiger partial charge >= 0.3 is 12.5 Å². The summed E-state index contributed by atoms with van der Waals surface area (Å²) in [4.78, 5) is 14.4. The van der Waals surface area contributed by atoms with Gasteiger partial charge in [-0.15, -0.1) is 0 Å². The van der Waals surface area contributed by atoms with Crippen LogP contribution in [0.1, 0.15) is 10.4 Å². The number of rotatable bonds is 4. The summed E-state index contributed by atoms with van der Waals surface area (Å²) in [5, 5.41) is 0. The number of carbonyl (C=O) groups excluding carboxylic acids is 1. The van der Waals surface area contributed by atoms with Crippen LogP contribution in [0.2, 0.25) is 0 Å². The lowest BCUT2D eigenvalue weighted by molar-refractivity contribution is -0.318. The van der Waals surface area contributed by atoms with Gasteiger partial charge in [-0.05, 0) is 12.1 Å². The van der Waals surface area contributed by atoms with Gasteiger partial charge in [-0.1, -0.05) is 18.2 Å². The molecule has 0 bridgehead atoms. The Kier molecular flexibility index (Phi) is 3.83. The molecule has 0 radical (unpaired) electrons. The Hall–Kier alpha value is -1.63. The lowest BCUT2D eigenvalue weighted by Crippen LogP contribution is -2.38. The third kappa shape index (κ3) is 3.20. The predicted octanol–water partition coefficient (Wildman–Crippen LogP) is 2.21. The van der Waals surface area contributed by atoms with Crippen LogP contribution in [-0.2, 0) is 4.84 Å². The van der Waals surface area contributed by atoms with Gasteiger partial charge < -0.3 is 0 Å². The van der Waals surface area contributed by atoms with Gasteiger partial charge in [0.2, 0.25) is 0 Å². The minimum atomic E-state index is -4.70. The largest absolute Gasteiger partial charge is 0.436 e. The first-order chi connectivity index (χ1) is 7.43. The van der Waals surface area contributed by atoms with Crippen LogP contribution in [0.25, 0.3) is 0 Å². The summed E-state index contributed by atoms with van der Waals surface area (Å²) in [7, 11) is 0. The number of hydrogen-bond donors (Lipinski definition) is 1. The predicted molar refractivity (Wildman–Crippen MR) is 45.9 cm³/mol. The maximum absolute atomic E-state index is 12.2. The van der Waals surface area contributed by atoms with Crippen molar-refractivity contribution in [2.45, 2.75) is 12.5 Å². The van der Waals surface area contributed by atoms with E-state index in [0.29, 0.717) is 0 Å². The van der Waals surface area contributed by atoms with Gasteiger partial charge in [0.1, 0.15) is 0 Å². The first kappa shape index (κ1) is 12.4. The quantitative estimate of drug-likeness (QED) is 0.644. The molecular formula is C9H7F4NO2. The Morgan fingerprint density at radius 2 is 1.81 bits per heavy atom. The van der Waals surface area contributed by atoms with Gasteiger partial charge in [-0.3, -0.25) is 4.79 Å². The average molecular weight is 237 g/mol. The summed E-state index contributed by atoms with van der Waals surface area (Å²) in [5.74, 6) is -1.03. The van der Waals surface area contributed by atoms with Gasteiger partial charge in [0, 0.05) is 5.56 Å². The van der Waals surface area contributed by atoms with Gasteiger partial charge in [-0.25, -0.2) is 14.3 Å². The number of nitrogens with one attached hydrogen (secondary N) is 1. The van der Waals surface area contributed by atoms with Gasteiger partial charge in [0.05, 0.1) is 0 Å². The van der Waals surface area contributed by atoms with E-state index in [9.17, 15) is 22.4 Å². The van der Waals surface area contributed by atoms with E-state index in [-0.39, 0.29) is 5.56 Å². The fourth-order valence-electron chi connectivity index (χ4n) is 0.807. The molecule has 1 rings (SSSR count). The number of benzene rings is 1. The number of carbonyl (C=O) groups is 1. The van der Waals surface area contributed by atoms with E-state index in [0.717, 1.165) is 0 Å². The SMILES string of the molecule is O=C(NOC(F)(F)C(F)F)c1ccccc1. The molecule has 1 amide bonds. The highest BCUT2D eigenvalue weighted by molar-refractivity contribution is 5.93. The highest BCUT2D eigenvalue weighted by Gasteiger charge is 2.43. The fraction of sp³-hybridized carbons (Fsp3) is 0.222. The van der Waals surface area contributed by atoms with Crippen molar-refractivity contribution >= 4 is 5.91 Å². The minimum absolute atomic E-state index is 0.0209. The molecule has 88 valence electrons. The Labute approximate surface area is 88.0 Å². The molecule has 0 saturated carbocycles. The zero-order valence-corrected chi connectivity index (χ0v) is 7.79. The molecule has 0 unspecified atom stereocenters. The summed E-state index contributed by atoms with van der Waals surface area (Å²) in [6.07, 6.45) is -8.71. The number of hydroxylamine groups is 1. The molecule has 0 aliphatic carbocycles. The smallest absolute Gasteiger partial charge is 0.267 e. The molecule has 0 heterocycles. The van der Waals surface area contributed by atoms with E-state index in [1.807, 2.05) is 0 Å². The van der Waals surface area contributed by atoms with Crippen LogP contribution in [0.5, 0.6) is 0 Å². The number of halogens is 4. The zero-order valence-electron chi connectivity index (χ0n) is 7.79. The Balaban J connectivity index is 2.54. The molecule has 0 spiro atoms. The normalized spacial score (nSPS) is 11.6. The number of amides is 1. The lowest BCUT2D eigenvalue weighted by Gasteiger charge is -2.15. The van der Waals surface area contributed by atoms with Crippen LogP contribution in [0.4, 0.5) is 17.6 Å². The topological polar surface area (TPSA) is 38.3 Å². The molecule has 0 aliphatic heterocycles. The molecule has 1 aromatic carbocycles. The van der Waals surface area contributed by atoms with E-state index in [1.54, 1.807) is 6.07 Å².